The highest BCUT2D eigenvalue weighted by Crippen LogP contribution is 2.32. The van der Waals surface area contributed by atoms with Crippen LogP contribution in [0, 0.1) is 23.1 Å². The summed E-state index contributed by atoms with van der Waals surface area (Å²) in [6, 6.07) is 11.7. The van der Waals surface area contributed by atoms with E-state index in [1.165, 1.54) is 23.7 Å². The molecule has 0 spiro atoms. The zero-order chi connectivity index (χ0) is 91.0. The Kier molecular flexibility index (Phi) is 48.9. The molecular formula is C82H127FN10O33. The maximum Gasteiger partial charge on any atom is 0.246 e. The Morgan fingerprint density at radius 2 is 0.960 bits per heavy atom. The Morgan fingerprint density at radius 3 is 1.47 bits per heavy atom. The van der Waals surface area contributed by atoms with Crippen LogP contribution >= 0.6 is 0 Å². The van der Waals surface area contributed by atoms with Crippen LogP contribution in [0.3, 0.4) is 0 Å². The van der Waals surface area contributed by atoms with Crippen molar-refractivity contribution in [2.75, 3.05) is 205 Å². The predicted molar refractivity (Wildman–Crippen MR) is 438 cm³/mol. The van der Waals surface area contributed by atoms with E-state index in [0.29, 0.717) is 41.2 Å². The second-order valence-corrected chi connectivity index (χ2v) is 30.1. The van der Waals surface area contributed by atoms with Gasteiger partial charge in [-0.15, -0.1) is 5.10 Å². The first-order chi connectivity index (χ1) is 60.8. The molecule has 16 atom stereocenters. The number of aromatic nitrogens is 4. The number of carbonyl (C=O) groups is 7. The van der Waals surface area contributed by atoms with Gasteiger partial charge in [0.1, 0.15) is 60.7 Å². The van der Waals surface area contributed by atoms with E-state index < -0.39 is 164 Å². The maximum atomic E-state index is 14.1. The lowest BCUT2D eigenvalue weighted by Crippen LogP contribution is -2.64. The summed E-state index contributed by atoms with van der Waals surface area (Å²) in [6.45, 7) is 5.75. The first-order valence-electron chi connectivity index (χ1n) is 42.3. The maximum absolute atomic E-state index is 14.1. The molecule has 126 heavy (non-hydrogen) atoms. The lowest BCUT2D eigenvalue weighted by atomic mass is 9.85. The molecular weight excluding hydrogens is 1670 g/mol. The number of hydrogen-bond donors (Lipinski definition) is 15. The molecule has 5 heterocycles. The second-order valence-electron chi connectivity index (χ2n) is 30.1. The van der Waals surface area contributed by atoms with Gasteiger partial charge < -0.3 is 158 Å². The summed E-state index contributed by atoms with van der Waals surface area (Å²) in [4.78, 5) is 95.6. The van der Waals surface area contributed by atoms with Crippen molar-refractivity contribution in [3.63, 3.8) is 0 Å². The number of nitrogens with one attached hydrogen (secondary N) is 6. The number of hydrogen-bond acceptors (Lipinski definition) is 36. The third kappa shape index (κ3) is 37.6. The number of nitrogens with zero attached hydrogens (tertiary/aromatic N) is 4. The number of fused-ring (bicyclic) bond motifs is 1. The van der Waals surface area contributed by atoms with Crippen LogP contribution in [0.5, 0.6) is 11.5 Å². The molecule has 43 nitrogen and oxygen atoms in total. The fraction of sp³-hybridized carbons (Fsp3) is 0.707. The zero-order valence-electron chi connectivity index (χ0n) is 71.7. The highest BCUT2D eigenvalue weighted by atomic mass is 19.1. The molecule has 7 rings (SSSR count). The van der Waals surface area contributed by atoms with Gasteiger partial charge in [0.15, 0.2) is 36.2 Å². The molecule has 0 aliphatic carbocycles. The molecule has 3 saturated heterocycles. The van der Waals surface area contributed by atoms with Gasteiger partial charge in [0.2, 0.25) is 35.4 Å². The van der Waals surface area contributed by atoms with Crippen LogP contribution < -0.4 is 36.6 Å². The Morgan fingerprint density at radius 1 is 0.492 bits per heavy atom. The molecule has 44 heteroatoms. The first kappa shape index (κ1) is 105. The number of aliphatic hydroxyl groups is 8. The number of carbonyl (C=O) groups excluding carboxylic acids is 7. The minimum Gasteiger partial charge on any atom is -0.505 e. The summed E-state index contributed by atoms with van der Waals surface area (Å²) in [5, 5.41) is 115. The van der Waals surface area contributed by atoms with Crippen molar-refractivity contribution >= 4 is 52.1 Å². The van der Waals surface area contributed by atoms with Crippen LogP contribution in [-0.4, -0.2) is 392 Å². The highest BCUT2D eigenvalue weighted by Gasteiger charge is 2.47. The third-order valence-corrected chi connectivity index (χ3v) is 20.1. The number of aromatic hydroxyl groups is 1. The van der Waals surface area contributed by atoms with Crippen molar-refractivity contribution in [1.82, 2.24) is 51.9 Å². The molecule has 3 aliphatic rings. The summed E-state index contributed by atoms with van der Waals surface area (Å²) in [6.07, 6.45) is -11.0. The lowest BCUT2D eigenvalue weighted by molar-refractivity contribution is -0.284. The van der Waals surface area contributed by atoms with E-state index in [1.807, 2.05) is 13.0 Å². The largest absolute Gasteiger partial charge is 0.505 e. The van der Waals surface area contributed by atoms with Gasteiger partial charge in [0.05, 0.1) is 213 Å². The normalized spacial score (nSPS) is 23.0. The number of amides is 6. The van der Waals surface area contributed by atoms with Gasteiger partial charge in [0, 0.05) is 93.9 Å². The van der Waals surface area contributed by atoms with Crippen LogP contribution in [0.2, 0.25) is 0 Å². The van der Waals surface area contributed by atoms with Crippen molar-refractivity contribution in [3.05, 3.63) is 60.5 Å². The molecule has 0 radical (unpaired) electrons. The van der Waals surface area contributed by atoms with E-state index >= 15 is 0 Å². The topological polar surface area (TPSA) is 574 Å². The van der Waals surface area contributed by atoms with Crippen molar-refractivity contribution in [3.8, 4) is 28.6 Å². The number of phenols is 1. The van der Waals surface area contributed by atoms with Gasteiger partial charge in [-0.05, 0) is 49.2 Å². The Hall–Kier alpha value is -7.95. The summed E-state index contributed by atoms with van der Waals surface area (Å²) in [5.74, 6) is -4.91. The van der Waals surface area contributed by atoms with Crippen LogP contribution in [0.4, 0.5) is 4.39 Å². The molecule has 2 aromatic heterocycles. The van der Waals surface area contributed by atoms with Crippen molar-refractivity contribution in [2.24, 2.45) is 17.3 Å². The minimum absolute atomic E-state index is 0.0450. The van der Waals surface area contributed by atoms with E-state index in [1.54, 1.807) is 44.3 Å². The zero-order valence-corrected chi connectivity index (χ0v) is 71.7. The average molecular weight is 1800 g/mol. The fourth-order valence-corrected chi connectivity index (χ4v) is 13.1. The molecule has 2 aromatic carbocycles. The van der Waals surface area contributed by atoms with Crippen LogP contribution in [-0.2, 0) is 109 Å². The number of ketones is 1. The summed E-state index contributed by atoms with van der Waals surface area (Å²) in [5.41, 5.74) is 0.616. The molecule has 710 valence electrons. The molecule has 3 aliphatic heterocycles. The molecule has 3 fully saturated rings. The van der Waals surface area contributed by atoms with Crippen molar-refractivity contribution in [2.45, 2.75) is 152 Å². The quantitative estimate of drug-likeness (QED) is 0.0195. The minimum atomic E-state index is -1.48. The average Bonchev–Trinajstić information content (AvgIpc) is 1.42. The number of rotatable bonds is 65. The van der Waals surface area contributed by atoms with E-state index in [9.17, 15) is 83.9 Å². The van der Waals surface area contributed by atoms with Gasteiger partial charge in [-0.2, -0.15) is 0 Å². The Balaban J connectivity index is 0.854. The van der Waals surface area contributed by atoms with Gasteiger partial charge >= 0.3 is 0 Å². The van der Waals surface area contributed by atoms with E-state index in [-0.39, 0.29) is 222 Å². The van der Waals surface area contributed by atoms with Gasteiger partial charge in [-0.3, -0.25) is 33.6 Å². The van der Waals surface area contributed by atoms with Gasteiger partial charge in [0.25, 0.3) is 0 Å². The SMILES string of the molecule is CC[C@H]1OC(OCCOCCOCCNC(=O)CCOCC(COCCC(=O)NCCOCCOCCOC2O[C@H](CO)[C@H](O)[C@H](O)[C@H]2C)(COCCC(=O)NCCOCCOCCO[C@@H]2O[C@H](CO)[C@H](O)[C@H](O)[C@H]2NC(C)=O)CC(=O)CNC(=O)COCCNC(=O)CCCOc2ccc3nc(-c4cn(-c5ccc(O)c(F)c5)nn4)ccc3c2)[C@H](C)[C@@H](O)[C@H]1O. The van der Waals surface area contributed by atoms with Crippen LogP contribution in [0.15, 0.2) is 54.7 Å². The molecule has 4 aromatic rings. The molecule has 3 unspecified atom stereocenters. The van der Waals surface area contributed by atoms with E-state index in [2.05, 4.69) is 47.2 Å². The Labute approximate surface area is 729 Å². The van der Waals surface area contributed by atoms with Crippen LogP contribution in [0.25, 0.3) is 28.0 Å². The molecule has 0 bridgehead atoms. The fourth-order valence-electron chi connectivity index (χ4n) is 13.1. The first-order valence-corrected chi connectivity index (χ1v) is 42.3. The standard InChI is InChI=1S/C82H127FN10O33/c1-5-64-75(106)73(104)52(2)79(124-64)121-38-35-113-32-29-110-25-17-85-68(100)14-22-117-49-82(50-118-23-15-69(101)86-18-26-111-30-33-114-36-39-122-80-53(3)74(105)76(107)65(46-94)125-80,51-119-24-16-70(102)87-19-27-112-31-34-115-37-40-123-81-72(89-54(4)96)78(109)77(108)66(47-95)126-81)43-57(97)44-88-71(103)48-116-28-20-84-67(99)7-6-21-120-58-10-12-60-55(41-58)8-11-61(90-60)62-45-93(92-91-62)56-9-13-63(98)59(83)42-56/h8-13,41-42,45,52-53,64-66,72-81,94-95,98,104-109H,5-7,14-40,43-44,46-51H2,1-4H3,(H,84,99)(H,85,100)(H,86,101)(H,87,102)(H,88,103)(H,89,96)/t52-,53-,64-,65-,66-,72-,73-,74-,75+,76+,77+,78-,79?,80?,81-,82?/m1/s1. The number of ether oxygens (including phenoxy) is 17. The van der Waals surface area contributed by atoms with Crippen LogP contribution in [0.1, 0.15) is 72.6 Å². The molecule has 0 saturated carbocycles. The second kappa shape index (κ2) is 58.6. The Bertz CT molecular complexity index is 3770. The van der Waals surface area contributed by atoms with Gasteiger partial charge in [-0.25, -0.2) is 14.1 Å². The van der Waals surface area contributed by atoms with Gasteiger partial charge in [-0.1, -0.05) is 32.1 Å². The predicted octanol–water partition coefficient (Wildman–Crippen LogP) is -3.09. The number of pyridine rings is 1. The summed E-state index contributed by atoms with van der Waals surface area (Å²) >= 11 is 0. The number of benzene rings is 2. The number of phenolic OH excluding ortho intramolecular Hbond substituents is 1. The highest BCUT2D eigenvalue weighted by molar-refractivity contribution is 5.87. The number of aliphatic hydroxyl groups excluding tert-OH is 8. The molecule has 15 N–H and O–H groups in total. The summed E-state index contributed by atoms with van der Waals surface area (Å²) < 4.78 is 113. The molecule has 6 amide bonds. The lowest BCUT2D eigenvalue weighted by Gasteiger charge is -2.42. The smallest absolute Gasteiger partial charge is 0.246 e. The number of Topliss-reactive ketones (excluding diaryl/α,β-unsaturated/α-hetero) is 1. The monoisotopic (exact) mass is 1800 g/mol. The third-order valence-electron chi connectivity index (χ3n) is 20.1. The van der Waals surface area contributed by atoms with E-state index in [0.717, 1.165) is 11.5 Å². The van der Waals surface area contributed by atoms with Crippen molar-refractivity contribution in [1.29, 1.82) is 0 Å². The van der Waals surface area contributed by atoms with E-state index in [4.69, 9.17) is 80.5 Å². The van der Waals surface area contributed by atoms with Crippen molar-refractivity contribution < 1.29 is 164 Å². The number of halogens is 1. The summed E-state index contributed by atoms with van der Waals surface area (Å²) in [7, 11) is 0.